The first-order valence-corrected chi connectivity index (χ1v) is 5.27. The van der Waals surface area contributed by atoms with Crippen molar-refractivity contribution in [2.45, 2.75) is 32.2 Å². The van der Waals surface area contributed by atoms with Crippen LogP contribution in [0.3, 0.4) is 0 Å². The Morgan fingerprint density at radius 2 is 2.00 bits per heavy atom. The quantitative estimate of drug-likeness (QED) is 0.634. The lowest BCUT2D eigenvalue weighted by Gasteiger charge is -2.28. The molecule has 0 bridgehead atoms. The Labute approximate surface area is 75.1 Å². The highest BCUT2D eigenvalue weighted by Gasteiger charge is 2.35. The Bertz CT molecular complexity index is 158. The van der Waals surface area contributed by atoms with Crippen molar-refractivity contribution in [1.29, 1.82) is 0 Å². The van der Waals surface area contributed by atoms with Crippen LogP contribution in [-0.4, -0.2) is 30.6 Å². The molecule has 1 aliphatic heterocycles. The number of nitrogens with zero attached hydrogens (tertiary/aromatic N) is 1. The zero-order valence-electron chi connectivity index (χ0n) is 8.00. The maximum absolute atomic E-state index is 5.96. The molecule has 0 radical (unpaired) electrons. The summed E-state index contributed by atoms with van der Waals surface area (Å²) in [6.07, 6.45) is 3.92. The fourth-order valence-corrected chi connectivity index (χ4v) is 2.82. The van der Waals surface area contributed by atoms with Gasteiger partial charge in [-0.15, -0.1) is 0 Å². The van der Waals surface area contributed by atoms with Crippen LogP contribution < -0.4 is 5.73 Å². The SMILES string of the molecule is CCN1C[C@H]2CC[C@H](N)C[C@H]2C1. The first-order chi connectivity index (χ1) is 5.79. The second-order valence-electron chi connectivity index (χ2n) is 4.45. The molecule has 2 aliphatic rings. The summed E-state index contributed by atoms with van der Waals surface area (Å²) in [5, 5.41) is 0. The van der Waals surface area contributed by atoms with Crippen LogP contribution in [0.5, 0.6) is 0 Å². The van der Waals surface area contributed by atoms with E-state index in [9.17, 15) is 0 Å². The largest absolute Gasteiger partial charge is 0.328 e. The highest BCUT2D eigenvalue weighted by Crippen LogP contribution is 2.35. The molecular weight excluding hydrogens is 148 g/mol. The van der Waals surface area contributed by atoms with Gasteiger partial charge in [0.2, 0.25) is 0 Å². The summed E-state index contributed by atoms with van der Waals surface area (Å²) >= 11 is 0. The van der Waals surface area contributed by atoms with Crippen molar-refractivity contribution in [1.82, 2.24) is 4.90 Å². The Balaban J connectivity index is 1.93. The van der Waals surface area contributed by atoms with Gasteiger partial charge in [-0.2, -0.15) is 0 Å². The molecule has 70 valence electrons. The molecule has 2 fully saturated rings. The van der Waals surface area contributed by atoms with E-state index >= 15 is 0 Å². The van der Waals surface area contributed by atoms with Crippen molar-refractivity contribution >= 4 is 0 Å². The van der Waals surface area contributed by atoms with Crippen molar-refractivity contribution in [3.63, 3.8) is 0 Å². The van der Waals surface area contributed by atoms with Gasteiger partial charge in [-0.05, 0) is 37.6 Å². The summed E-state index contributed by atoms with van der Waals surface area (Å²) in [4.78, 5) is 2.58. The second kappa shape index (κ2) is 3.35. The van der Waals surface area contributed by atoms with Crippen LogP contribution in [0.1, 0.15) is 26.2 Å². The minimum atomic E-state index is 0.503. The molecule has 3 atom stereocenters. The fraction of sp³-hybridized carbons (Fsp3) is 1.00. The second-order valence-corrected chi connectivity index (χ2v) is 4.45. The zero-order valence-corrected chi connectivity index (χ0v) is 8.00. The van der Waals surface area contributed by atoms with E-state index in [4.69, 9.17) is 5.73 Å². The van der Waals surface area contributed by atoms with Crippen LogP contribution in [0, 0.1) is 11.8 Å². The normalized spacial score (nSPS) is 43.0. The maximum atomic E-state index is 5.96. The van der Waals surface area contributed by atoms with Crippen molar-refractivity contribution in [2.75, 3.05) is 19.6 Å². The van der Waals surface area contributed by atoms with Crippen LogP contribution in [0.25, 0.3) is 0 Å². The molecule has 1 heterocycles. The van der Waals surface area contributed by atoms with E-state index in [0.29, 0.717) is 6.04 Å². The summed E-state index contributed by atoms with van der Waals surface area (Å²) in [6, 6.07) is 0.503. The third-order valence-corrected chi connectivity index (χ3v) is 3.61. The van der Waals surface area contributed by atoms with Gasteiger partial charge in [0.25, 0.3) is 0 Å². The number of likely N-dealkylation sites (tertiary alicyclic amines) is 1. The first-order valence-electron chi connectivity index (χ1n) is 5.27. The Morgan fingerprint density at radius 3 is 2.75 bits per heavy atom. The molecule has 0 aromatic heterocycles. The Morgan fingerprint density at radius 1 is 1.25 bits per heavy atom. The summed E-state index contributed by atoms with van der Waals surface area (Å²) in [5.74, 6) is 1.90. The minimum absolute atomic E-state index is 0.503. The zero-order chi connectivity index (χ0) is 8.55. The average Bonchev–Trinajstić information content (AvgIpc) is 2.46. The predicted octanol–water partition coefficient (Wildman–Crippen LogP) is 1.07. The Hall–Kier alpha value is -0.0800. The highest BCUT2D eigenvalue weighted by atomic mass is 15.1. The van der Waals surface area contributed by atoms with Crippen molar-refractivity contribution in [2.24, 2.45) is 17.6 Å². The van der Waals surface area contributed by atoms with Gasteiger partial charge in [0.05, 0.1) is 0 Å². The number of nitrogens with two attached hydrogens (primary N) is 1. The lowest BCUT2D eigenvalue weighted by atomic mass is 9.79. The van der Waals surface area contributed by atoms with Crippen LogP contribution in [0.2, 0.25) is 0 Å². The smallest absolute Gasteiger partial charge is 0.00421 e. The lowest BCUT2D eigenvalue weighted by molar-refractivity contribution is 0.271. The first kappa shape index (κ1) is 8.52. The molecule has 2 heteroatoms. The monoisotopic (exact) mass is 168 g/mol. The van der Waals surface area contributed by atoms with Crippen LogP contribution >= 0.6 is 0 Å². The van der Waals surface area contributed by atoms with Gasteiger partial charge < -0.3 is 10.6 Å². The summed E-state index contributed by atoms with van der Waals surface area (Å²) < 4.78 is 0. The van der Waals surface area contributed by atoms with E-state index in [-0.39, 0.29) is 0 Å². The Kier molecular flexibility index (Phi) is 2.37. The van der Waals surface area contributed by atoms with E-state index < -0.39 is 0 Å². The van der Waals surface area contributed by atoms with Crippen LogP contribution in [-0.2, 0) is 0 Å². The molecule has 0 aromatic carbocycles. The van der Waals surface area contributed by atoms with Gasteiger partial charge in [0, 0.05) is 19.1 Å². The van der Waals surface area contributed by atoms with Gasteiger partial charge in [0.1, 0.15) is 0 Å². The molecule has 1 aliphatic carbocycles. The topological polar surface area (TPSA) is 29.3 Å². The maximum Gasteiger partial charge on any atom is 0.00421 e. The van der Waals surface area contributed by atoms with Gasteiger partial charge >= 0.3 is 0 Å². The van der Waals surface area contributed by atoms with E-state index in [0.717, 1.165) is 11.8 Å². The molecule has 0 spiro atoms. The van der Waals surface area contributed by atoms with E-state index in [1.807, 2.05) is 0 Å². The summed E-state index contributed by atoms with van der Waals surface area (Å²) in [5.41, 5.74) is 5.96. The summed E-state index contributed by atoms with van der Waals surface area (Å²) in [7, 11) is 0. The molecular formula is C10H20N2. The number of rotatable bonds is 1. The van der Waals surface area contributed by atoms with Crippen molar-refractivity contribution in [3.05, 3.63) is 0 Å². The standard InChI is InChI=1S/C10H20N2/c1-2-12-6-8-3-4-10(11)5-9(8)7-12/h8-10H,2-7,11H2,1H3/t8-,9+,10+/m1/s1. The molecule has 1 saturated carbocycles. The molecule has 2 rings (SSSR count). The highest BCUT2D eigenvalue weighted by molar-refractivity contribution is 4.90. The molecule has 12 heavy (non-hydrogen) atoms. The van der Waals surface area contributed by atoms with E-state index in [2.05, 4.69) is 11.8 Å². The van der Waals surface area contributed by atoms with Gasteiger partial charge in [-0.3, -0.25) is 0 Å². The van der Waals surface area contributed by atoms with Crippen LogP contribution in [0.15, 0.2) is 0 Å². The van der Waals surface area contributed by atoms with Gasteiger partial charge in [-0.25, -0.2) is 0 Å². The number of hydrogen-bond donors (Lipinski definition) is 1. The van der Waals surface area contributed by atoms with Gasteiger partial charge in [0.15, 0.2) is 0 Å². The van der Waals surface area contributed by atoms with Crippen LogP contribution in [0.4, 0.5) is 0 Å². The molecule has 2 N–H and O–H groups in total. The molecule has 0 amide bonds. The third-order valence-electron chi connectivity index (χ3n) is 3.61. The molecule has 0 aromatic rings. The lowest BCUT2D eigenvalue weighted by Crippen LogP contribution is -2.32. The molecule has 0 unspecified atom stereocenters. The van der Waals surface area contributed by atoms with E-state index in [1.54, 1.807) is 0 Å². The van der Waals surface area contributed by atoms with Crippen molar-refractivity contribution in [3.8, 4) is 0 Å². The fourth-order valence-electron chi connectivity index (χ4n) is 2.82. The predicted molar refractivity (Wildman–Crippen MR) is 50.9 cm³/mol. The molecule has 1 saturated heterocycles. The number of fused-ring (bicyclic) bond motifs is 1. The number of hydrogen-bond acceptors (Lipinski definition) is 2. The molecule has 2 nitrogen and oxygen atoms in total. The van der Waals surface area contributed by atoms with Gasteiger partial charge in [-0.1, -0.05) is 6.92 Å². The average molecular weight is 168 g/mol. The van der Waals surface area contributed by atoms with Crippen molar-refractivity contribution < 1.29 is 0 Å². The summed E-state index contributed by atoms with van der Waals surface area (Å²) in [6.45, 7) is 6.14. The van der Waals surface area contributed by atoms with E-state index in [1.165, 1.54) is 38.9 Å². The third kappa shape index (κ3) is 1.50. The minimum Gasteiger partial charge on any atom is -0.328 e.